The third-order valence-electron chi connectivity index (χ3n) is 9.49. The summed E-state index contributed by atoms with van der Waals surface area (Å²) in [5, 5.41) is 14.3. The van der Waals surface area contributed by atoms with E-state index in [0.717, 1.165) is 0 Å². The van der Waals surface area contributed by atoms with E-state index in [1.54, 1.807) is 12.3 Å². The number of fused-ring (bicyclic) bond motifs is 1. The number of amides is 2. The van der Waals surface area contributed by atoms with Crippen molar-refractivity contribution in [3.63, 3.8) is 0 Å². The molecule has 0 radical (unpaired) electrons. The van der Waals surface area contributed by atoms with Gasteiger partial charge in [0.15, 0.2) is 0 Å². The summed E-state index contributed by atoms with van der Waals surface area (Å²) in [7, 11) is 0. The van der Waals surface area contributed by atoms with Crippen molar-refractivity contribution >= 4 is 17.6 Å². The largest absolute Gasteiger partial charge is 0.393 e. The zero-order valence-corrected chi connectivity index (χ0v) is 25.4. The first-order chi connectivity index (χ1) is 21.9. The molecule has 250 valence electrons. The van der Waals surface area contributed by atoms with Crippen molar-refractivity contribution in [1.82, 2.24) is 40.0 Å². The molecule has 11 nitrogen and oxygen atoms in total. The normalized spacial score (nSPS) is 23.7. The molecule has 0 unspecified atom stereocenters. The third-order valence-corrected chi connectivity index (χ3v) is 9.49. The highest BCUT2D eigenvalue weighted by Crippen LogP contribution is 2.42. The molecular weight excluding hydrogens is 615 g/mol. The summed E-state index contributed by atoms with van der Waals surface area (Å²) >= 11 is 0. The van der Waals surface area contributed by atoms with Gasteiger partial charge in [-0.15, -0.1) is 0 Å². The Morgan fingerprint density at radius 2 is 1.91 bits per heavy atom. The summed E-state index contributed by atoms with van der Waals surface area (Å²) < 4.78 is 77.4. The Morgan fingerprint density at radius 3 is 2.61 bits per heavy atom. The van der Waals surface area contributed by atoms with Gasteiger partial charge in [-0.2, -0.15) is 23.4 Å². The third kappa shape index (κ3) is 6.86. The molecule has 2 N–H and O–H groups in total. The van der Waals surface area contributed by atoms with Crippen molar-refractivity contribution in [3.8, 4) is 0 Å². The van der Waals surface area contributed by atoms with Gasteiger partial charge >= 0.3 is 6.18 Å². The number of hydrogen-bond donors (Lipinski definition) is 2. The number of aromatic nitrogens is 6. The number of hydrogen-bond acceptors (Lipinski definition) is 7. The topological polar surface area (TPSA) is 128 Å². The number of carbonyl (C=O) groups is 2. The van der Waals surface area contributed by atoms with Gasteiger partial charge in [-0.3, -0.25) is 14.3 Å². The van der Waals surface area contributed by atoms with Crippen LogP contribution in [-0.4, -0.2) is 73.0 Å². The number of alkyl halides is 5. The highest BCUT2D eigenvalue weighted by Gasteiger charge is 2.45. The molecule has 1 aliphatic carbocycles. The maximum Gasteiger partial charge on any atom is 0.393 e. The lowest BCUT2D eigenvalue weighted by molar-refractivity contribution is -0.183. The molecule has 16 heteroatoms. The number of nitrogens with zero attached hydrogens (tertiary/aromatic N) is 6. The first-order valence-corrected chi connectivity index (χ1v) is 15.8. The fraction of sp³-hybridized carbons (Fsp3) is 0.667. The van der Waals surface area contributed by atoms with Crippen molar-refractivity contribution in [3.05, 3.63) is 41.2 Å². The number of ether oxygens (including phenoxy) is 1. The molecule has 2 amide bonds. The maximum atomic E-state index is 14.1. The standard InChI is InChI=1S/C30H37F5N8O3/c1-2-42-23(5-10-37-42)27(45)39-25(17-3-8-29(31,32)9-4-17)22-16-43-28(38-22)40-24(18-6-11-46-12-7-18)21(41-43)14-19-13-20(30(33,34)35)15-36-26(19)44/h5,10,16-20,25H,2-4,6-9,11-15H2,1H3,(H,36,44)(H,39,45)/t19-,20-,25+/m1/s1. The van der Waals surface area contributed by atoms with E-state index in [0.29, 0.717) is 55.4 Å². The lowest BCUT2D eigenvalue weighted by Crippen LogP contribution is -2.47. The van der Waals surface area contributed by atoms with Gasteiger partial charge in [0.25, 0.3) is 11.7 Å². The lowest BCUT2D eigenvalue weighted by Gasteiger charge is -2.33. The minimum atomic E-state index is -4.44. The van der Waals surface area contributed by atoms with Crippen LogP contribution in [0.4, 0.5) is 22.0 Å². The van der Waals surface area contributed by atoms with Crippen LogP contribution in [0.5, 0.6) is 0 Å². The summed E-state index contributed by atoms with van der Waals surface area (Å²) in [4.78, 5) is 35.6. The number of aryl methyl sites for hydroxylation is 1. The number of piperidine rings is 1. The van der Waals surface area contributed by atoms with E-state index in [4.69, 9.17) is 19.8 Å². The van der Waals surface area contributed by atoms with E-state index in [2.05, 4.69) is 15.7 Å². The molecular formula is C30H37F5N8O3. The van der Waals surface area contributed by atoms with Gasteiger partial charge < -0.3 is 15.4 Å². The quantitative estimate of drug-likeness (QED) is 0.346. The summed E-state index contributed by atoms with van der Waals surface area (Å²) in [5.41, 5.74) is 1.66. The summed E-state index contributed by atoms with van der Waals surface area (Å²) in [5.74, 6) is -6.51. The Hall–Kier alpha value is -3.69. The molecule has 6 rings (SSSR count). The van der Waals surface area contributed by atoms with Crippen molar-refractivity contribution in [2.75, 3.05) is 19.8 Å². The van der Waals surface area contributed by atoms with E-state index < -0.39 is 48.3 Å². The number of nitrogens with one attached hydrogen (secondary N) is 2. The lowest BCUT2D eigenvalue weighted by atomic mass is 9.81. The number of imidazole rings is 1. The second kappa shape index (κ2) is 12.8. The van der Waals surface area contributed by atoms with Crippen LogP contribution >= 0.6 is 0 Å². The second-order valence-electron chi connectivity index (χ2n) is 12.5. The second-order valence-corrected chi connectivity index (χ2v) is 12.5. The molecule has 0 spiro atoms. The number of rotatable bonds is 8. The van der Waals surface area contributed by atoms with E-state index in [1.807, 2.05) is 6.92 Å². The Morgan fingerprint density at radius 1 is 1.17 bits per heavy atom. The predicted octanol–water partition coefficient (Wildman–Crippen LogP) is 4.39. The van der Waals surface area contributed by atoms with E-state index in [9.17, 15) is 31.5 Å². The first kappa shape index (κ1) is 32.3. The van der Waals surface area contributed by atoms with Gasteiger partial charge in [0, 0.05) is 63.6 Å². The Bertz CT molecular complexity index is 1560. The highest BCUT2D eigenvalue weighted by molar-refractivity contribution is 5.92. The SMILES string of the molecule is CCn1nccc1C(=O)N[C@H](c1cn2nc(C[C@H]3C[C@@H](C(F)(F)F)CNC3=O)c(C3CCOCC3)nc2n1)C1CCC(F)(F)CC1. The average molecular weight is 653 g/mol. The molecule has 5 heterocycles. The van der Waals surface area contributed by atoms with Crippen molar-refractivity contribution in [2.24, 2.45) is 17.8 Å². The van der Waals surface area contributed by atoms with Gasteiger partial charge in [0.2, 0.25) is 11.8 Å². The van der Waals surface area contributed by atoms with Gasteiger partial charge in [-0.1, -0.05) is 0 Å². The summed E-state index contributed by atoms with van der Waals surface area (Å²) in [6.45, 7) is 2.80. The van der Waals surface area contributed by atoms with Crippen LogP contribution in [0, 0.1) is 17.8 Å². The van der Waals surface area contributed by atoms with Crippen LogP contribution in [0.15, 0.2) is 18.5 Å². The monoisotopic (exact) mass is 652 g/mol. The van der Waals surface area contributed by atoms with Gasteiger partial charge in [0.1, 0.15) is 5.69 Å². The van der Waals surface area contributed by atoms with Crippen molar-refractivity contribution in [2.45, 2.75) is 88.9 Å². The zero-order chi connectivity index (χ0) is 32.6. The van der Waals surface area contributed by atoms with Crippen LogP contribution < -0.4 is 10.6 Å². The van der Waals surface area contributed by atoms with Crippen LogP contribution in [0.2, 0.25) is 0 Å². The van der Waals surface area contributed by atoms with Gasteiger partial charge in [-0.25, -0.2) is 23.3 Å². The molecule has 0 aromatic carbocycles. The molecule has 3 fully saturated rings. The van der Waals surface area contributed by atoms with Crippen LogP contribution in [0.1, 0.15) is 91.4 Å². The smallest absolute Gasteiger partial charge is 0.381 e. The predicted molar refractivity (Wildman–Crippen MR) is 153 cm³/mol. The Labute approximate surface area is 261 Å². The van der Waals surface area contributed by atoms with Gasteiger partial charge in [0.05, 0.1) is 35.2 Å². The molecule has 2 saturated heterocycles. The maximum absolute atomic E-state index is 14.1. The number of carbonyl (C=O) groups excluding carboxylic acids is 2. The molecule has 3 aliphatic rings. The van der Waals surface area contributed by atoms with Crippen LogP contribution in [0.3, 0.4) is 0 Å². The Balaban J connectivity index is 1.35. The van der Waals surface area contributed by atoms with E-state index in [-0.39, 0.29) is 56.1 Å². The summed E-state index contributed by atoms with van der Waals surface area (Å²) in [6, 6.07) is 0.841. The average Bonchev–Trinajstić information content (AvgIpc) is 3.67. The fourth-order valence-electron chi connectivity index (χ4n) is 6.86. The van der Waals surface area contributed by atoms with Crippen molar-refractivity contribution in [1.29, 1.82) is 0 Å². The fourth-order valence-corrected chi connectivity index (χ4v) is 6.86. The zero-order valence-electron chi connectivity index (χ0n) is 25.4. The summed E-state index contributed by atoms with van der Waals surface area (Å²) in [6.07, 6.45) is -0.827. The minimum Gasteiger partial charge on any atom is -0.381 e. The minimum absolute atomic E-state index is 0.0412. The molecule has 3 aromatic rings. The molecule has 2 aliphatic heterocycles. The number of halogens is 5. The van der Waals surface area contributed by atoms with Crippen molar-refractivity contribution < 1.29 is 36.3 Å². The van der Waals surface area contributed by atoms with Crippen LogP contribution in [-0.2, 0) is 22.5 Å². The van der Waals surface area contributed by atoms with Crippen LogP contribution in [0.25, 0.3) is 5.78 Å². The molecule has 3 aromatic heterocycles. The molecule has 1 saturated carbocycles. The molecule has 0 bridgehead atoms. The van der Waals surface area contributed by atoms with E-state index >= 15 is 0 Å². The molecule has 46 heavy (non-hydrogen) atoms. The van der Waals surface area contributed by atoms with E-state index in [1.165, 1.54) is 15.4 Å². The first-order valence-electron chi connectivity index (χ1n) is 15.8. The molecule has 3 atom stereocenters. The highest BCUT2D eigenvalue weighted by atomic mass is 19.4. The van der Waals surface area contributed by atoms with Gasteiger partial charge in [-0.05, 0) is 51.0 Å². The Kier molecular flexibility index (Phi) is 9.00.